The van der Waals surface area contributed by atoms with Gasteiger partial charge in [-0.2, -0.15) is 0 Å². The molecule has 5 nitrogen and oxygen atoms in total. The number of aryl methyl sites for hydroxylation is 1. The molecular formula is C17H21N3O2. The zero-order valence-electron chi connectivity index (χ0n) is 13.1. The third kappa shape index (κ3) is 2.75. The normalized spacial score (nSPS) is 18.6. The third-order valence-corrected chi connectivity index (χ3v) is 4.36. The van der Waals surface area contributed by atoms with Gasteiger partial charge in [0.1, 0.15) is 12.4 Å². The maximum absolute atomic E-state index is 12.6. The zero-order valence-corrected chi connectivity index (χ0v) is 13.1. The molecule has 1 aliphatic heterocycles. The molecule has 0 unspecified atom stereocenters. The average Bonchev–Trinajstić information content (AvgIpc) is 2.51. The second-order valence-electron chi connectivity index (χ2n) is 6.15. The molecule has 0 spiro atoms. The van der Waals surface area contributed by atoms with Crippen molar-refractivity contribution in [1.82, 2.24) is 14.5 Å². The highest BCUT2D eigenvalue weighted by Crippen LogP contribution is 2.16. The first kappa shape index (κ1) is 14.8. The molecule has 1 fully saturated rings. The number of hydrogen-bond acceptors (Lipinski definition) is 3. The van der Waals surface area contributed by atoms with E-state index in [0.717, 1.165) is 19.5 Å². The number of para-hydroxylation sites is 1. The molecule has 2 aromatic rings. The summed E-state index contributed by atoms with van der Waals surface area (Å²) in [6, 6.07) is 7.26. The Hall–Kier alpha value is -2.17. The average molecular weight is 299 g/mol. The molecule has 5 heteroatoms. The van der Waals surface area contributed by atoms with E-state index in [0.29, 0.717) is 22.6 Å². The molecule has 0 aliphatic carbocycles. The van der Waals surface area contributed by atoms with Crippen LogP contribution in [0.1, 0.15) is 25.6 Å². The van der Waals surface area contributed by atoms with Crippen LogP contribution in [0.2, 0.25) is 0 Å². The summed E-state index contributed by atoms with van der Waals surface area (Å²) >= 11 is 0. The van der Waals surface area contributed by atoms with Crippen LogP contribution in [-0.2, 0) is 11.3 Å². The van der Waals surface area contributed by atoms with E-state index in [1.807, 2.05) is 23.1 Å². The number of rotatable bonds is 2. The predicted octanol–water partition coefficient (Wildman–Crippen LogP) is 1.96. The molecule has 0 bridgehead atoms. The molecule has 1 aromatic carbocycles. The number of benzene rings is 1. The van der Waals surface area contributed by atoms with Gasteiger partial charge in [0.2, 0.25) is 5.91 Å². The first-order chi connectivity index (χ1) is 10.6. The number of hydrogen-bond donors (Lipinski definition) is 0. The fourth-order valence-corrected chi connectivity index (χ4v) is 3.12. The first-order valence-corrected chi connectivity index (χ1v) is 7.80. The number of piperidine rings is 1. The number of aromatic nitrogens is 2. The highest BCUT2D eigenvalue weighted by atomic mass is 16.2. The summed E-state index contributed by atoms with van der Waals surface area (Å²) in [7, 11) is 0. The van der Waals surface area contributed by atoms with Crippen molar-refractivity contribution in [2.75, 3.05) is 13.1 Å². The van der Waals surface area contributed by atoms with Crippen molar-refractivity contribution in [3.8, 4) is 0 Å². The monoisotopic (exact) mass is 299 g/mol. The van der Waals surface area contributed by atoms with Crippen molar-refractivity contribution in [2.24, 2.45) is 5.92 Å². The Kier molecular flexibility index (Phi) is 3.96. The van der Waals surface area contributed by atoms with Crippen LogP contribution in [0.3, 0.4) is 0 Å². The second kappa shape index (κ2) is 5.91. The largest absolute Gasteiger partial charge is 0.341 e. The Bertz CT molecular complexity index is 766. The molecular weight excluding hydrogens is 278 g/mol. The fraction of sp³-hybridized carbons (Fsp3) is 0.471. The van der Waals surface area contributed by atoms with Gasteiger partial charge in [0.25, 0.3) is 5.56 Å². The number of amides is 1. The number of fused-ring (bicyclic) bond motifs is 1. The molecule has 1 atom stereocenters. The SMILES string of the molecule is Cc1nc2ccccc2c(=O)n1CC(=O)N1CCC[C@@H](C)C1. The fourth-order valence-electron chi connectivity index (χ4n) is 3.12. The van der Waals surface area contributed by atoms with E-state index in [9.17, 15) is 9.59 Å². The van der Waals surface area contributed by atoms with E-state index in [-0.39, 0.29) is 18.0 Å². The number of likely N-dealkylation sites (tertiary alicyclic amines) is 1. The Balaban J connectivity index is 1.90. The van der Waals surface area contributed by atoms with E-state index in [1.54, 1.807) is 13.0 Å². The van der Waals surface area contributed by atoms with Crippen molar-refractivity contribution in [3.05, 3.63) is 40.4 Å². The van der Waals surface area contributed by atoms with Gasteiger partial charge in [0, 0.05) is 13.1 Å². The lowest BCUT2D eigenvalue weighted by atomic mass is 10.0. The van der Waals surface area contributed by atoms with Gasteiger partial charge < -0.3 is 4.90 Å². The summed E-state index contributed by atoms with van der Waals surface area (Å²) in [6.07, 6.45) is 2.21. The standard InChI is InChI=1S/C17H21N3O2/c1-12-6-5-9-19(10-12)16(21)11-20-13(2)18-15-8-4-3-7-14(15)17(20)22/h3-4,7-8,12H,5-6,9-11H2,1-2H3/t12-/m1/s1. The highest BCUT2D eigenvalue weighted by Gasteiger charge is 2.22. The molecule has 2 heterocycles. The van der Waals surface area contributed by atoms with Gasteiger partial charge in [0.15, 0.2) is 0 Å². The van der Waals surface area contributed by atoms with Gasteiger partial charge in [-0.25, -0.2) is 4.98 Å². The van der Waals surface area contributed by atoms with Crippen LogP contribution in [0, 0.1) is 12.8 Å². The lowest BCUT2D eigenvalue weighted by Gasteiger charge is -2.31. The predicted molar refractivity (Wildman–Crippen MR) is 85.7 cm³/mol. The molecule has 0 N–H and O–H groups in total. The van der Waals surface area contributed by atoms with Crippen LogP contribution in [-0.4, -0.2) is 33.4 Å². The van der Waals surface area contributed by atoms with Crippen LogP contribution in [0.5, 0.6) is 0 Å². The second-order valence-corrected chi connectivity index (χ2v) is 6.15. The molecule has 1 amide bonds. The Labute approximate surface area is 129 Å². The molecule has 116 valence electrons. The maximum Gasteiger partial charge on any atom is 0.261 e. The van der Waals surface area contributed by atoms with E-state index in [2.05, 4.69) is 11.9 Å². The molecule has 1 aromatic heterocycles. The van der Waals surface area contributed by atoms with Gasteiger partial charge in [-0.1, -0.05) is 19.1 Å². The van der Waals surface area contributed by atoms with E-state index >= 15 is 0 Å². The van der Waals surface area contributed by atoms with Crippen molar-refractivity contribution in [1.29, 1.82) is 0 Å². The Morgan fingerprint density at radius 2 is 2.14 bits per heavy atom. The van der Waals surface area contributed by atoms with Gasteiger partial charge in [0.05, 0.1) is 10.9 Å². The summed E-state index contributed by atoms with van der Waals surface area (Å²) in [6.45, 7) is 5.59. The number of carbonyl (C=O) groups excluding carboxylic acids is 1. The number of nitrogens with zero attached hydrogens (tertiary/aromatic N) is 3. The van der Waals surface area contributed by atoms with Gasteiger partial charge >= 0.3 is 0 Å². The quantitative estimate of drug-likeness (QED) is 0.852. The van der Waals surface area contributed by atoms with Crippen LogP contribution < -0.4 is 5.56 Å². The van der Waals surface area contributed by atoms with Crippen molar-refractivity contribution in [3.63, 3.8) is 0 Å². The summed E-state index contributed by atoms with van der Waals surface area (Å²) in [5, 5.41) is 0.563. The molecule has 1 aliphatic rings. The third-order valence-electron chi connectivity index (χ3n) is 4.36. The van der Waals surface area contributed by atoms with Crippen LogP contribution in [0.4, 0.5) is 0 Å². The topological polar surface area (TPSA) is 55.2 Å². The van der Waals surface area contributed by atoms with E-state index in [4.69, 9.17) is 0 Å². The molecule has 0 saturated carbocycles. The Morgan fingerprint density at radius 3 is 2.91 bits per heavy atom. The lowest BCUT2D eigenvalue weighted by Crippen LogP contribution is -2.42. The Morgan fingerprint density at radius 1 is 1.36 bits per heavy atom. The minimum Gasteiger partial charge on any atom is -0.341 e. The number of carbonyl (C=O) groups is 1. The van der Waals surface area contributed by atoms with E-state index < -0.39 is 0 Å². The molecule has 3 rings (SSSR count). The first-order valence-electron chi connectivity index (χ1n) is 7.80. The lowest BCUT2D eigenvalue weighted by molar-refractivity contribution is -0.133. The van der Waals surface area contributed by atoms with Gasteiger partial charge in [-0.05, 0) is 37.8 Å². The zero-order chi connectivity index (χ0) is 15.7. The molecule has 0 radical (unpaired) electrons. The van der Waals surface area contributed by atoms with Gasteiger partial charge in [-0.3, -0.25) is 14.2 Å². The molecule has 1 saturated heterocycles. The summed E-state index contributed by atoms with van der Waals surface area (Å²) < 4.78 is 1.49. The van der Waals surface area contributed by atoms with E-state index in [1.165, 1.54) is 11.0 Å². The highest BCUT2D eigenvalue weighted by molar-refractivity contribution is 5.79. The van der Waals surface area contributed by atoms with Crippen LogP contribution in [0.25, 0.3) is 10.9 Å². The van der Waals surface area contributed by atoms with Crippen molar-refractivity contribution in [2.45, 2.75) is 33.2 Å². The summed E-state index contributed by atoms with van der Waals surface area (Å²) in [4.78, 5) is 31.4. The maximum atomic E-state index is 12.6. The van der Waals surface area contributed by atoms with Crippen LogP contribution in [0.15, 0.2) is 29.1 Å². The molecule has 22 heavy (non-hydrogen) atoms. The van der Waals surface area contributed by atoms with Crippen molar-refractivity contribution < 1.29 is 4.79 Å². The smallest absolute Gasteiger partial charge is 0.261 e. The van der Waals surface area contributed by atoms with Crippen LogP contribution >= 0.6 is 0 Å². The van der Waals surface area contributed by atoms with Crippen molar-refractivity contribution >= 4 is 16.8 Å². The minimum absolute atomic E-state index is 0.00818. The summed E-state index contributed by atoms with van der Waals surface area (Å²) in [5.74, 6) is 1.13. The summed E-state index contributed by atoms with van der Waals surface area (Å²) in [5.41, 5.74) is 0.543. The minimum atomic E-state index is -0.137. The van der Waals surface area contributed by atoms with Gasteiger partial charge in [-0.15, -0.1) is 0 Å².